The van der Waals surface area contributed by atoms with Gasteiger partial charge >= 0.3 is 6.03 Å². The first-order chi connectivity index (χ1) is 6.20. The van der Waals surface area contributed by atoms with E-state index >= 15 is 0 Å². The van der Waals surface area contributed by atoms with Crippen LogP contribution in [0.4, 0.5) is 4.79 Å². The number of hydrazine groups is 1. The minimum Gasteiger partial charge on any atom is -0.330 e. The Balaban J connectivity index is 2.13. The van der Waals surface area contributed by atoms with Crippen LogP contribution in [0.25, 0.3) is 0 Å². The highest BCUT2D eigenvalue weighted by molar-refractivity contribution is 5.72. The summed E-state index contributed by atoms with van der Waals surface area (Å²) in [5.74, 6) is 0. The Morgan fingerprint density at radius 2 is 1.85 bits per heavy atom. The molecule has 4 nitrogen and oxygen atoms in total. The van der Waals surface area contributed by atoms with Crippen LogP contribution < -0.4 is 10.9 Å². The Hall–Kier alpha value is -0.770. The van der Waals surface area contributed by atoms with Crippen molar-refractivity contribution in [3.63, 3.8) is 0 Å². The van der Waals surface area contributed by atoms with Gasteiger partial charge in [0.2, 0.25) is 0 Å². The normalized spacial score (nSPS) is 18.3. The van der Waals surface area contributed by atoms with Crippen molar-refractivity contribution in [3.05, 3.63) is 0 Å². The zero-order chi connectivity index (χ0) is 9.68. The molecule has 1 aliphatic carbocycles. The maximum Gasteiger partial charge on any atom is 0.331 e. The Morgan fingerprint density at radius 1 is 1.23 bits per heavy atom. The summed E-state index contributed by atoms with van der Waals surface area (Å²) >= 11 is 0. The third-order valence-electron chi connectivity index (χ3n) is 2.39. The number of nitrogens with zero attached hydrogens (tertiary/aromatic N) is 1. The highest BCUT2D eigenvalue weighted by atomic mass is 16.2. The Labute approximate surface area is 79.6 Å². The van der Waals surface area contributed by atoms with E-state index < -0.39 is 0 Å². The van der Waals surface area contributed by atoms with Gasteiger partial charge in [-0.1, -0.05) is 19.3 Å². The third-order valence-corrected chi connectivity index (χ3v) is 2.39. The number of carbonyl (C=O) groups excluding carboxylic acids is 1. The van der Waals surface area contributed by atoms with Crippen molar-refractivity contribution in [1.29, 1.82) is 0 Å². The lowest BCUT2D eigenvalue weighted by atomic mass is 9.96. The maximum absolute atomic E-state index is 11.1. The van der Waals surface area contributed by atoms with Crippen LogP contribution in [-0.2, 0) is 0 Å². The molecule has 0 aromatic carbocycles. The second kappa shape index (κ2) is 5.07. The van der Waals surface area contributed by atoms with E-state index in [1.54, 1.807) is 14.1 Å². The number of nitrogens with one attached hydrogen (secondary N) is 2. The molecule has 0 aliphatic heterocycles. The first kappa shape index (κ1) is 10.3. The van der Waals surface area contributed by atoms with E-state index in [0.29, 0.717) is 6.04 Å². The molecule has 0 aromatic rings. The molecular weight excluding hydrogens is 166 g/mol. The summed E-state index contributed by atoms with van der Waals surface area (Å²) in [6.45, 7) is 0. The summed E-state index contributed by atoms with van der Waals surface area (Å²) in [5, 5.41) is 0. The zero-order valence-corrected chi connectivity index (χ0v) is 8.47. The van der Waals surface area contributed by atoms with Gasteiger partial charge in [0.15, 0.2) is 0 Å². The first-order valence-electron chi connectivity index (χ1n) is 4.93. The molecule has 76 valence electrons. The lowest BCUT2D eigenvalue weighted by molar-refractivity contribution is 0.206. The van der Waals surface area contributed by atoms with Crippen LogP contribution in [0.3, 0.4) is 0 Å². The van der Waals surface area contributed by atoms with E-state index in [1.165, 1.54) is 37.0 Å². The number of rotatable bonds is 2. The van der Waals surface area contributed by atoms with Gasteiger partial charge in [-0.15, -0.1) is 0 Å². The standard InChI is InChI=1S/C9H19N3O/c1-12(2)9(13)11-10-8-6-4-3-5-7-8/h8,10H,3-7H2,1-2H3,(H,11,13). The highest BCUT2D eigenvalue weighted by Gasteiger charge is 2.13. The van der Waals surface area contributed by atoms with E-state index in [2.05, 4.69) is 10.9 Å². The predicted molar refractivity (Wildman–Crippen MR) is 52.2 cm³/mol. The summed E-state index contributed by atoms with van der Waals surface area (Å²) in [6.07, 6.45) is 6.23. The lowest BCUT2D eigenvalue weighted by Crippen LogP contribution is -2.48. The average molecular weight is 185 g/mol. The van der Waals surface area contributed by atoms with Crippen LogP contribution >= 0.6 is 0 Å². The fraction of sp³-hybridized carbons (Fsp3) is 0.889. The molecule has 0 bridgehead atoms. The molecule has 2 N–H and O–H groups in total. The van der Waals surface area contributed by atoms with Crippen LogP contribution in [0.15, 0.2) is 0 Å². The fourth-order valence-corrected chi connectivity index (χ4v) is 1.52. The van der Waals surface area contributed by atoms with Gasteiger partial charge in [0.05, 0.1) is 0 Å². The summed E-state index contributed by atoms with van der Waals surface area (Å²) in [6, 6.07) is 0.392. The van der Waals surface area contributed by atoms with Crippen LogP contribution in [0.5, 0.6) is 0 Å². The summed E-state index contributed by atoms with van der Waals surface area (Å²) in [4.78, 5) is 12.7. The summed E-state index contributed by atoms with van der Waals surface area (Å²) in [7, 11) is 3.47. The van der Waals surface area contributed by atoms with E-state index in [9.17, 15) is 4.79 Å². The van der Waals surface area contributed by atoms with E-state index in [4.69, 9.17) is 0 Å². The number of hydrogen-bond acceptors (Lipinski definition) is 2. The average Bonchev–Trinajstić information content (AvgIpc) is 2.15. The van der Waals surface area contributed by atoms with Gasteiger partial charge in [-0.3, -0.25) is 5.43 Å². The monoisotopic (exact) mass is 185 g/mol. The number of carbonyl (C=O) groups is 1. The van der Waals surface area contributed by atoms with Crippen molar-refractivity contribution in [1.82, 2.24) is 15.8 Å². The molecule has 1 saturated carbocycles. The molecule has 2 amide bonds. The molecule has 0 heterocycles. The third kappa shape index (κ3) is 3.63. The highest BCUT2D eigenvalue weighted by Crippen LogP contribution is 2.16. The molecule has 1 aliphatic rings. The van der Waals surface area contributed by atoms with Crippen LogP contribution in [0.2, 0.25) is 0 Å². The van der Waals surface area contributed by atoms with Crippen molar-refractivity contribution < 1.29 is 4.79 Å². The minimum atomic E-state index is -0.0782. The fourth-order valence-electron chi connectivity index (χ4n) is 1.52. The quantitative estimate of drug-likeness (QED) is 0.633. The second-order valence-corrected chi connectivity index (χ2v) is 3.80. The SMILES string of the molecule is CN(C)C(=O)NNC1CCCCC1. The van der Waals surface area contributed by atoms with Crippen molar-refractivity contribution in [3.8, 4) is 0 Å². The zero-order valence-electron chi connectivity index (χ0n) is 8.47. The van der Waals surface area contributed by atoms with E-state index in [1.807, 2.05) is 0 Å². The molecule has 1 fully saturated rings. The number of amides is 2. The van der Waals surface area contributed by atoms with Crippen LogP contribution in [0, 0.1) is 0 Å². The van der Waals surface area contributed by atoms with E-state index in [0.717, 1.165) is 0 Å². The molecule has 0 saturated heterocycles. The molecule has 13 heavy (non-hydrogen) atoms. The topological polar surface area (TPSA) is 44.4 Å². The molecule has 0 atom stereocenters. The molecule has 1 rings (SSSR count). The molecule has 0 radical (unpaired) electrons. The predicted octanol–water partition coefficient (Wildman–Crippen LogP) is 1.09. The lowest BCUT2D eigenvalue weighted by Gasteiger charge is -2.24. The molecular formula is C9H19N3O. The van der Waals surface area contributed by atoms with Gasteiger partial charge in [-0.2, -0.15) is 0 Å². The Kier molecular flexibility index (Phi) is 4.02. The van der Waals surface area contributed by atoms with Crippen molar-refractivity contribution in [2.24, 2.45) is 0 Å². The first-order valence-corrected chi connectivity index (χ1v) is 4.93. The molecule has 4 heteroatoms. The van der Waals surface area contributed by atoms with Gasteiger partial charge in [-0.25, -0.2) is 10.2 Å². The largest absolute Gasteiger partial charge is 0.331 e. The van der Waals surface area contributed by atoms with Crippen LogP contribution in [0.1, 0.15) is 32.1 Å². The van der Waals surface area contributed by atoms with Crippen LogP contribution in [-0.4, -0.2) is 31.1 Å². The van der Waals surface area contributed by atoms with Gasteiger partial charge in [0.25, 0.3) is 0 Å². The van der Waals surface area contributed by atoms with Crippen molar-refractivity contribution in [2.45, 2.75) is 38.1 Å². The van der Waals surface area contributed by atoms with Crippen molar-refractivity contribution in [2.75, 3.05) is 14.1 Å². The Morgan fingerprint density at radius 3 is 2.38 bits per heavy atom. The summed E-state index contributed by atoms with van der Waals surface area (Å²) in [5.41, 5.74) is 5.75. The molecule has 0 spiro atoms. The number of urea groups is 1. The van der Waals surface area contributed by atoms with E-state index in [-0.39, 0.29) is 6.03 Å². The maximum atomic E-state index is 11.1. The molecule has 0 unspecified atom stereocenters. The summed E-state index contributed by atoms with van der Waals surface area (Å²) < 4.78 is 0. The minimum absolute atomic E-state index is 0.0782. The van der Waals surface area contributed by atoms with Gasteiger partial charge in [0, 0.05) is 20.1 Å². The van der Waals surface area contributed by atoms with Gasteiger partial charge in [0.1, 0.15) is 0 Å². The smallest absolute Gasteiger partial charge is 0.330 e. The molecule has 0 aromatic heterocycles. The van der Waals surface area contributed by atoms with Gasteiger partial charge < -0.3 is 4.90 Å². The van der Waals surface area contributed by atoms with Gasteiger partial charge in [-0.05, 0) is 12.8 Å². The second-order valence-electron chi connectivity index (χ2n) is 3.80. The number of hydrogen-bond donors (Lipinski definition) is 2. The van der Waals surface area contributed by atoms with Crippen molar-refractivity contribution >= 4 is 6.03 Å². The Bertz CT molecular complexity index is 164.